The van der Waals surface area contributed by atoms with Gasteiger partial charge in [-0.1, -0.05) is 29.8 Å². The lowest BCUT2D eigenvalue weighted by molar-refractivity contribution is 0.104. The number of aromatic nitrogens is 2. The summed E-state index contributed by atoms with van der Waals surface area (Å²) in [4.78, 5) is 21.0. The van der Waals surface area contributed by atoms with Crippen molar-refractivity contribution in [2.75, 3.05) is 18.4 Å². The number of nitrogens with one attached hydrogen (secondary N) is 3. The number of ether oxygens (including phenoxy) is 1. The first-order chi connectivity index (χ1) is 15.7. The average Bonchev–Trinajstić information content (AvgIpc) is 3.26. The van der Waals surface area contributed by atoms with E-state index >= 15 is 0 Å². The van der Waals surface area contributed by atoms with Gasteiger partial charge in [0.05, 0.1) is 16.0 Å². The predicted octanol–water partition coefficient (Wildman–Crippen LogP) is 5.40. The van der Waals surface area contributed by atoms with Gasteiger partial charge in [0.25, 0.3) is 0 Å². The van der Waals surface area contributed by atoms with Gasteiger partial charge in [-0.15, -0.1) is 0 Å². The van der Waals surface area contributed by atoms with E-state index in [1.54, 1.807) is 30.6 Å². The molecule has 2 aromatic carbocycles. The number of piperidine rings is 1. The Morgan fingerprint density at radius 2 is 1.97 bits per heavy atom. The molecule has 32 heavy (non-hydrogen) atoms. The van der Waals surface area contributed by atoms with Crippen LogP contribution >= 0.6 is 11.6 Å². The maximum atomic E-state index is 13.4. The van der Waals surface area contributed by atoms with Crippen molar-refractivity contribution in [3.63, 3.8) is 0 Å². The van der Waals surface area contributed by atoms with Crippen LogP contribution in [0, 0.1) is 0 Å². The van der Waals surface area contributed by atoms with Gasteiger partial charge in [-0.05, 0) is 49.7 Å². The molecule has 3 heterocycles. The summed E-state index contributed by atoms with van der Waals surface area (Å²) >= 11 is 6.50. The van der Waals surface area contributed by atoms with Crippen molar-refractivity contribution in [1.29, 1.82) is 0 Å². The number of aromatic amines is 1. The van der Waals surface area contributed by atoms with Gasteiger partial charge in [0, 0.05) is 42.3 Å². The van der Waals surface area contributed by atoms with Crippen LogP contribution < -0.4 is 15.4 Å². The lowest BCUT2D eigenvalue weighted by atomic mass is 10.0. The van der Waals surface area contributed by atoms with Crippen molar-refractivity contribution >= 4 is 34.1 Å². The minimum Gasteiger partial charge on any atom is -0.457 e. The minimum absolute atomic E-state index is 0.162. The Morgan fingerprint density at radius 1 is 1.09 bits per heavy atom. The van der Waals surface area contributed by atoms with Crippen molar-refractivity contribution in [3.8, 4) is 11.5 Å². The summed E-state index contributed by atoms with van der Waals surface area (Å²) in [6, 6.07) is 16.8. The van der Waals surface area contributed by atoms with E-state index in [0.29, 0.717) is 39.3 Å². The number of fused-ring (bicyclic) bond motifs is 1. The first kappa shape index (κ1) is 20.5. The highest BCUT2D eigenvalue weighted by atomic mass is 35.5. The number of halogens is 1. The van der Waals surface area contributed by atoms with Gasteiger partial charge in [0.2, 0.25) is 0 Å². The number of carbonyl (C=O) groups is 1. The molecule has 7 heteroatoms. The van der Waals surface area contributed by atoms with E-state index in [1.807, 2.05) is 36.4 Å². The molecule has 0 saturated carbocycles. The van der Waals surface area contributed by atoms with E-state index < -0.39 is 0 Å². The standard InChI is InChI=1S/C25H23ClN4O2/c26-21-13-18(32-17-6-2-1-3-7-17)8-9-19(21)24(31)20-15-29-25-23(20)22(10-12-28-25)30-16-5-4-11-27-14-16/h1-3,6-10,12-13,15-16,27H,4-5,11,14H2,(H2,28,29,30)/t16-/m1/s1. The number of hydrogen-bond donors (Lipinski definition) is 3. The fraction of sp³-hybridized carbons (Fsp3) is 0.200. The maximum absolute atomic E-state index is 13.4. The zero-order valence-electron chi connectivity index (χ0n) is 17.4. The molecule has 1 atom stereocenters. The van der Waals surface area contributed by atoms with Crippen LogP contribution in [0.5, 0.6) is 11.5 Å². The molecule has 0 amide bonds. The molecule has 0 radical (unpaired) electrons. The molecule has 0 bridgehead atoms. The lowest BCUT2D eigenvalue weighted by Crippen LogP contribution is -2.38. The second-order valence-corrected chi connectivity index (χ2v) is 8.27. The number of nitrogens with zero attached hydrogens (tertiary/aromatic N) is 1. The normalized spacial score (nSPS) is 16.1. The molecule has 3 N–H and O–H groups in total. The second-order valence-electron chi connectivity index (χ2n) is 7.86. The topological polar surface area (TPSA) is 79.0 Å². The Labute approximate surface area is 191 Å². The van der Waals surface area contributed by atoms with E-state index in [1.165, 1.54) is 0 Å². The Bertz CT molecular complexity index is 1250. The summed E-state index contributed by atoms with van der Waals surface area (Å²) in [5, 5.41) is 8.11. The number of anilines is 1. The maximum Gasteiger partial charge on any atom is 0.196 e. The molecule has 1 aliphatic heterocycles. The van der Waals surface area contributed by atoms with E-state index in [-0.39, 0.29) is 5.78 Å². The summed E-state index contributed by atoms with van der Waals surface area (Å²) in [7, 11) is 0. The van der Waals surface area contributed by atoms with Crippen LogP contribution in [-0.4, -0.2) is 34.9 Å². The number of pyridine rings is 1. The van der Waals surface area contributed by atoms with Crippen LogP contribution in [0.25, 0.3) is 11.0 Å². The first-order valence-corrected chi connectivity index (χ1v) is 11.1. The lowest BCUT2D eigenvalue weighted by Gasteiger charge is -2.25. The second kappa shape index (κ2) is 9.02. The number of benzene rings is 2. The number of hydrogen-bond acceptors (Lipinski definition) is 5. The fourth-order valence-electron chi connectivity index (χ4n) is 4.06. The van der Waals surface area contributed by atoms with Crippen LogP contribution in [0.3, 0.4) is 0 Å². The summed E-state index contributed by atoms with van der Waals surface area (Å²) in [5.74, 6) is 1.12. The Kier molecular flexibility index (Phi) is 5.79. The molecule has 2 aromatic heterocycles. The van der Waals surface area contributed by atoms with Crippen LogP contribution in [0.15, 0.2) is 67.0 Å². The third kappa shape index (κ3) is 4.20. The van der Waals surface area contributed by atoms with Gasteiger partial charge in [0.15, 0.2) is 5.78 Å². The highest BCUT2D eigenvalue weighted by molar-refractivity contribution is 6.35. The van der Waals surface area contributed by atoms with E-state index in [4.69, 9.17) is 16.3 Å². The number of rotatable bonds is 6. The number of H-pyrrole nitrogens is 1. The van der Waals surface area contributed by atoms with Crippen LogP contribution in [0.4, 0.5) is 5.69 Å². The molecular formula is C25H23ClN4O2. The SMILES string of the molecule is O=C(c1ccc(Oc2ccccc2)cc1Cl)c1c[nH]c2nccc(N[C@@H]3CCCNC3)c12. The van der Waals surface area contributed by atoms with Gasteiger partial charge in [-0.2, -0.15) is 0 Å². The van der Waals surface area contributed by atoms with E-state index in [0.717, 1.165) is 37.0 Å². The van der Waals surface area contributed by atoms with Gasteiger partial charge in [-0.25, -0.2) is 4.98 Å². The van der Waals surface area contributed by atoms with Crippen molar-refractivity contribution in [3.05, 3.63) is 83.1 Å². The average molecular weight is 447 g/mol. The van der Waals surface area contributed by atoms with Gasteiger partial charge in [-0.3, -0.25) is 4.79 Å². The smallest absolute Gasteiger partial charge is 0.196 e. The molecule has 4 aromatic rings. The van der Waals surface area contributed by atoms with Crippen molar-refractivity contribution in [2.24, 2.45) is 0 Å². The molecule has 0 unspecified atom stereocenters. The molecule has 0 spiro atoms. The summed E-state index contributed by atoms with van der Waals surface area (Å²) < 4.78 is 5.83. The molecule has 6 nitrogen and oxygen atoms in total. The zero-order chi connectivity index (χ0) is 21.9. The molecule has 1 saturated heterocycles. The monoisotopic (exact) mass is 446 g/mol. The Hall–Kier alpha value is -3.35. The summed E-state index contributed by atoms with van der Waals surface area (Å²) in [5.41, 5.74) is 2.52. The largest absolute Gasteiger partial charge is 0.457 e. The number of ketones is 1. The quantitative estimate of drug-likeness (QED) is 0.345. The van der Waals surface area contributed by atoms with E-state index in [2.05, 4.69) is 20.6 Å². The molecule has 1 aliphatic rings. The Morgan fingerprint density at radius 3 is 2.75 bits per heavy atom. The molecule has 5 rings (SSSR count). The number of carbonyl (C=O) groups excluding carboxylic acids is 1. The minimum atomic E-state index is -0.162. The third-order valence-corrected chi connectivity index (χ3v) is 5.95. The van der Waals surface area contributed by atoms with Crippen LogP contribution in [0.1, 0.15) is 28.8 Å². The van der Waals surface area contributed by atoms with Gasteiger partial charge < -0.3 is 20.4 Å². The van der Waals surface area contributed by atoms with Gasteiger partial charge in [0.1, 0.15) is 17.1 Å². The van der Waals surface area contributed by atoms with E-state index in [9.17, 15) is 4.79 Å². The van der Waals surface area contributed by atoms with Crippen molar-refractivity contribution in [2.45, 2.75) is 18.9 Å². The van der Waals surface area contributed by atoms with Crippen molar-refractivity contribution < 1.29 is 9.53 Å². The third-order valence-electron chi connectivity index (χ3n) is 5.64. The molecule has 0 aliphatic carbocycles. The van der Waals surface area contributed by atoms with Crippen LogP contribution in [-0.2, 0) is 0 Å². The fourth-order valence-corrected chi connectivity index (χ4v) is 4.32. The highest BCUT2D eigenvalue weighted by Crippen LogP contribution is 2.32. The Balaban J connectivity index is 1.44. The highest BCUT2D eigenvalue weighted by Gasteiger charge is 2.22. The van der Waals surface area contributed by atoms with Crippen molar-refractivity contribution in [1.82, 2.24) is 15.3 Å². The number of para-hydroxylation sites is 1. The first-order valence-electron chi connectivity index (χ1n) is 10.7. The van der Waals surface area contributed by atoms with Crippen LogP contribution in [0.2, 0.25) is 5.02 Å². The zero-order valence-corrected chi connectivity index (χ0v) is 18.2. The van der Waals surface area contributed by atoms with Gasteiger partial charge >= 0.3 is 0 Å². The summed E-state index contributed by atoms with van der Waals surface area (Å²) in [6.07, 6.45) is 5.65. The molecular weight excluding hydrogens is 424 g/mol. The molecule has 1 fully saturated rings. The molecule has 162 valence electrons. The summed E-state index contributed by atoms with van der Waals surface area (Å²) in [6.45, 7) is 1.94. The predicted molar refractivity (Wildman–Crippen MR) is 127 cm³/mol.